The van der Waals surface area contributed by atoms with E-state index in [0.29, 0.717) is 6.04 Å². The molecule has 0 spiro atoms. The van der Waals surface area contributed by atoms with E-state index in [1.165, 1.54) is 17.2 Å². The predicted octanol–water partition coefficient (Wildman–Crippen LogP) is 4.81. The number of halogens is 1. The summed E-state index contributed by atoms with van der Waals surface area (Å²) >= 11 is 0. The molecule has 2 aromatic rings. The van der Waals surface area contributed by atoms with Gasteiger partial charge in [-0.15, -0.1) is 0 Å². The van der Waals surface area contributed by atoms with Crippen molar-refractivity contribution in [3.8, 4) is 0 Å². The van der Waals surface area contributed by atoms with Gasteiger partial charge in [-0.25, -0.2) is 4.39 Å². The van der Waals surface area contributed by atoms with Crippen LogP contribution in [0.3, 0.4) is 0 Å². The lowest BCUT2D eigenvalue weighted by Crippen LogP contribution is -2.21. The first-order chi connectivity index (χ1) is 10.2. The Morgan fingerprint density at radius 3 is 2.57 bits per heavy atom. The lowest BCUT2D eigenvalue weighted by Gasteiger charge is -2.18. The highest BCUT2D eigenvalue weighted by Gasteiger charge is 2.10. The Bertz CT molecular complexity index is 551. The molecule has 0 saturated heterocycles. The summed E-state index contributed by atoms with van der Waals surface area (Å²) in [5, 5.41) is 3.54. The van der Waals surface area contributed by atoms with Crippen LogP contribution < -0.4 is 5.32 Å². The number of rotatable bonds is 7. The third-order valence-corrected chi connectivity index (χ3v) is 3.90. The fraction of sp³-hybridized carbons (Fsp3) is 0.368. The van der Waals surface area contributed by atoms with Crippen LogP contribution in [0.15, 0.2) is 48.5 Å². The summed E-state index contributed by atoms with van der Waals surface area (Å²) in [5.41, 5.74) is 3.63. The minimum absolute atomic E-state index is 0.137. The van der Waals surface area contributed by atoms with E-state index in [1.54, 1.807) is 6.07 Å². The topological polar surface area (TPSA) is 12.0 Å². The minimum Gasteiger partial charge on any atom is -0.310 e. The van der Waals surface area contributed by atoms with Crippen LogP contribution in [-0.4, -0.2) is 6.54 Å². The SMILES string of the molecule is CCNC(CCCc1cc(F)ccc1C)c1ccccc1. The quantitative estimate of drug-likeness (QED) is 0.770. The molecule has 112 valence electrons. The van der Waals surface area contributed by atoms with Gasteiger partial charge in [0.15, 0.2) is 0 Å². The van der Waals surface area contributed by atoms with Crippen LogP contribution in [-0.2, 0) is 6.42 Å². The van der Waals surface area contributed by atoms with Gasteiger partial charge in [0.2, 0.25) is 0 Å². The van der Waals surface area contributed by atoms with Crippen LogP contribution in [0.1, 0.15) is 42.5 Å². The fourth-order valence-electron chi connectivity index (χ4n) is 2.72. The van der Waals surface area contributed by atoms with E-state index in [1.807, 2.05) is 19.1 Å². The zero-order valence-electron chi connectivity index (χ0n) is 12.9. The first-order valence-corrected chi connectivity index (χ1v) is 7.74. The van der Waals surface area contributed by atoms with E-state index in [2.05, 4.69) is 36.5 Å². The van der Waals surface area contributed by atoms with Crippen molar-refractivity contribution in [3.63, 3.8) is 0 Å². The smallest absolute Gasteiger partial charge is 0.123 e. The molecule has 0 amide bonds. The Labute approximate surface area is 127 Å². The molecule has 0 fully saturated rings. The van der Waals surface area contributed by atoms with Crippen LogP contribution in [0.2, 0.25) is 0 Å². The molecule has 1 atom stereocenters. The highest BCUT2D eigenvalue weighted by atomic mass is 19.1. The van der Waals surface area contributed by atoms with Crippen LogP contribution >= 0.6 is 0 Å². The van der Waals surface area contributed by atoms with Crippen LogP contribution in [0.25, 0.3) is 0 Å². The summed E-state index contributed by atoms with van der Waals surface area (Å²) in [6, 6.07) is 16.0. The summed E-state index contributed by atoms with van der Waals surface area (Å²) < 4.78 is 13.3. The van der Waals surface area contributed by atoms with Crippen molar-refractivity contribution in [2.75, 3.05) is 6.54 Å². The molecule has 1 N–H and O–H groups in total. The largest absolute Gasteiger partial charge is 0.310 e. The molecular weight excluding hydrogens is 261 g/mol. The van der Waals surface area contributed by atoms with Gasteiger partial charge in [0.25, 0.3) is 0 Å². The molecule has 0 aliphatic carbocycles. The molecule has 2 aromatic carbocycles. The zero-order chi connectivity index (χ0) is 15.1. The number of hydrogen-bond donors (Lipinski definition) is 1. The molecule has 2 rings (SSSR count). The molecular formula is C19H24FN. The van der Waals surface area contributed by atoms with Gasteiger partial charge in [0, 0.05) is 6.04 Å². The van der Waals surface area contributed by atoms with E-state index in [-0.39, 0.29) is 5.82 Å². The van der Waals surface area contributed by atoms with E-state index in [9.17, 15) is 4.39 Å². The van der Waals surface area contributed by atoms with Gasteiger partial charge >= 0.3 is 0 Å². The molecule has 0 radical (unpaired) electrons. The number of benzene rings is 2. The summed E-state index contributed by atoms with van der Waals surface area (Å²) in [6.07, 6.45) is 3.04. The van der Waals surface area contributed by atoms with Crippen LogP contribution in [0.4, 0.5) is 4.39 Å². The molecule has 21 heavy (non-hydrogen) atoms. The van der Waals surface area contributed by atoms with Gasteiger partial charge in [-0.05, 0) is 61.6 Å². The number of nitrogens with one attached hydrogen (secondary N) is 1. The maximum Gasteiger partial charge on any atom is 0.123 e. The summed E-state index contributed by atoms with van der Waals surface area (Å²) in [4.78, 5) is 0. The normalized spacial score (nSPS) is 12.3. The lowest BCUT2D eigenvalue weighted by molar-refractivity contribution is 0.497. The molecule has 0 aliphatic rings. The molecule has 0 saturated carbocycles. The average molecular weight is 285 g/mol. The Morgan fingerprint density at radius 2 is 1.86 bits per heavy atom. The van der Waals surface area contributed by atoms with E-state index < -0.39 is 0 Å². The van der Waals surface area contributed by atoms with E-state index >= 15 is 0 Å². The summed E-state index contributed by atoms with van der Waals surface area (Å²) in [6.45, 7) is 5.14. The zero-order valence-corrected chi connectivity index (χ0v) is 12.9. The Balaban J connectivity index is 1.95. The van der Waals surface area contributed by atoms with Crippen molar-refractivity contribution in [1.29, 1.82) is 0 Å². The van der Waals surface area contributed by atoms with Crippen molar-refractivity contribution in [1.82, 2.24) is 5.32 Å². The van der Waals surface area contributed by atoms with Gasteiger partial charge < -0.3 is 5.32 Å². The molecule has 0 aliphatic heterocycles. The van der Waals surface area contributed by atoms with Crippen LogP contribution in [0.5, 0.6) is 0 Å². The monoisotopic (exact) mass is 285 g/mol. The third-order valence-electron chi connectivity index (χ3n) is 3.90. The summed E-state index contributed by atoms with van der Waals surface area (Å²) in [7, 11) is 0. The Morgan fingerprint density at radius 1 is 1.10 bits per heavy atom. The average Bonchev–Trinajstić information content (AvgIpc) is 2.51. The fourth-order valence-corrected chi connectivity index (χ4v) is 2.72. The van der Waals surface area contributed by atoms with Crippen molar-refractivity contribution < 1.29 is 4.39 Å². The molecule has 0 heterocycles. The highest BCUT2D eigenvalue weighted by molar-refractivity contribution is 5.26. The van der Waals surface area contributed by atoms with E-state index in [4.69, 9.17) is 0 Å². The van der Waals surface area contributed by atoms with Gasteiger partial charge in [0.05, 0.1) is 0 Å². The van der Waals surface area contributed by atoms with Gasteiger partial charge in [-0.3, -0.25) is 0 Å². The standard InChI is InChI=1S/C19H24FN/c1-3-21-19(16-8-5-4-6-9-16)11-7-10-17-14-18(20)13-12-15(17)2/h4-6,8-9,12-14,19,21H,3,7,10-11H2,1-2H3. The Kier molecular flexibility index (Phi) is 5.94. The van der Waals surface area contributed by atoms with Gasteiger partial charge in [-0.1, -0.05) is 43.3 Å². The predicted molar refractivity (Wildman–Crippen MR) is 86.9 cm³/mol. The first kappa shape index (κ1) is 15.7. The van der Waals surface area contributed by atoms with E-state index in [0.717, 1.165) is 31.4 Å². The Hall–Kier alpha value is -1.67. The van der Waals surface area contributed by atoms with Crippen molar-refractivity contribution >= 4 is 0 Å². The minimum atomic E-state index is -0.137. The second kappa shape index (κ2) is 7.94. The molecule has 2 heteroatoms. The second-order valence-electron chi connectivity index (χ2n) is 5.48. The van der Waals surface area contributed by atoms with Crippen molar-refractivity contribution in [2.45, 2.75) is 39.2 Å². The van der Waals surface area contributed by atoms with Gasteiger partial charge in [-0.2, -0.15) is 0 Å². The molecule has 1 nitrogen and oxygen atoms in total. The summed E-state index contributed by atoms with van der Waals surface area (Å²) in [5.74, 6) is -0.137. The maximum atomic E-state index is 13.3. The van der Waals surface area contributed by atoms with Crippen LogP contribution in [0, 0.1) is 12.7 Å². The highest BCUT2D eigenvalue weighted by Crippen LogP contribution is 2.21. The molecule has 1 unspecified atom stereocenters. The maximum absolute atomic E-state index is 13.3. The first-order valence-electron chi connectivity index (χ1n) is 7.74. The van der Waals surface area contributed by atoms with Crippen molar-refractivity contribution in [3.05, 3.63) is 71.0 Å². The molecule has 0 bridgehead atoms. The lowest BCUT2D eigenvalue weighted by atomic mass is 9.97. The number of aryl methyl sites for hydroxylation is 2. The molecule has 0 aromatic heterocycles. The third kappa shape index (κ3) is 4.68. The van der Waals surface area contributed by atoms with Crippen molar-refractivity contribution in [2.24, 2.45) is 0 Å². The van der Waals surface area contributed by atoms with Gasteiger partial charge in [0.1, 0.15) is 5.82 Å². The second-order valence-corrected chi connectivity index (χ2v) is 5.48. The number of hydrogen-bond acceptors (Lipinski definition) is 1.